The van der Waals surface area contributed by atoms with Gasteiger partial charge in [0.15, 0.2) is 0 Å². The molecule has 2 aromatic carbocycles. The lowest BCUT2D eigenvalue weighted by Gasteiger charge is -2.42. The van der Waals surface area contributed by atoms with E-state index in [1.54, 1.807) is 30.3 Å². The Morgan fingerprint density at radius 2 is 1.78 bits per heavy atom. The SMILES string of the molecule is CN(CCC(Oc1ccc(C(F)(F)F)cc1)c1ccccc1)C([O-])(O)SCCO[N+](=O)[O-]. The molecule has 0 aliphatic carbocycles. The Balaban J connectivity index is 2.03. The van der Waals surface area contributed by atoms with E-state index in [2.05, 4.69) is 4.84 Å². The maximum absolute atomic E-state index is 12.8. The smallest absolute Gasteiger partial charge is 0.416 e. The van der Waals surface area contributed by atoms with Gasteiger partial charge >= 0.3 is 6.18 Å². The lowest BCUT2D eigenvalue weighted by Crippen LogP contribution is -2.55. The summed E-state index contributed by atoms with van der Waals surface area (Å²) in [6.45, 7) is -0.275. The second kappa shape index (κ2) is 11.4. The van der Waals surface area contributed by atoms with Crippen LogP contribution in [-0.2, 0) is 11.0 Å². The molecule has 0 spiro atoms. The number of alkyl halides is 3. The second-order valence-corrected chi connectivity index (χ2v) is 7.93. The highest BCUT2D eigenvalue weighted by Gasteiger charge is 2.30. The zero-order valence-corrected chi connectivity index (χ0v) is 17.8. The molecule has 2 aromatic rings. The van der Waals surface area contributed by atoms with Crippen molar-refractivity contribution in [2.75, 3.05) is 26.0 Å². The van der Waals surface area contributed by atoms with Gasteiger partial charge in [-0.05, 0) is 36.9 Å². The number of halogens is 3. The van der Waals surface area contributed by atoms with Gasteiger partial charge in [-0.25, -0.2) is 0 Å². The van der Waals surface area contributed by atoms with Crippen molar-refractivity contribution < 1.29 is 38.0 Å². The van der Waals surface area contributed by atoms with Gasteiger partial charge in [-0.3, -0.25) is 4.90 Å². The Morgan fingerprint density at radius 3 is 2.34 bits per heavy atom. The van der Waals surface area contributed by atoms with Gasteiger partial charge in [0, 0.05) is 18.7 Å². The molecule has 0 aliphatic rings. The van der Waals surface area contributed by atoms with Crippen LogP contribution in [0.3, 0.4) is 0 Å². The zero-order valence-electron chi connectivity index (χ0n) is 17.0. The van der Waals surface area contributed by atoms with E-state index >= 15 is 0 Å². The molecule has 0 bridgehead atoms. The van der Waals surface area contributed by atoms with Crippen LogP contribution in [-0.4, -0.2) is 46.3 Å². The molecule has 0 aliphatic heterocycles. The molecule has 32 heavy (non-hydrogen) atoms. The van der Waals surface area contributed by atoms with E-state index in [-0.39, 0.29) is 31.1 Å². The summed E-state index contributed by atoms with van der Waals surface area (Å²) >= 11 is 0.533. The first-order valence-electron chi connectivity index (χ1n) is 9.43. The van der Waals surface area contributed by atoms with E-state index in [1.807, 2.05) is 0 Å². The number of aliphatic hydroxyl groups is 1. The van der Waals surface area contributed by atoms with Crippen molar-refractivity contribution in [1.82, 2.24) is 4.90 Å². The van der Waals surface area contributed by atoms with Gasteiger partial charge in [-0.15, -0.1) is 21.9 Å². The quantitative estimate of drug-likeness (QED) is 0.216. The van der Waals surface area contributed by atoms with Crippen LogP contribution in [0.25, 0.3) is 0 Å². The van der Waals surface area contributed by atoms with E-state index < -0.39 is 28.2 Å². The van der Waals surface area contributed by atoms with Gasteiger partial charge in [-0.2, -0.15) is 13.2 Å². The molecule has 0 fully saturated rings. The number of rotatable bonds is 12. The van der Waals surface area contributed by atoms with Crippen molar-refractivity contribution in [3.63, 3.8) is 0 Å². The third kappa shape index (κ3) is 8.19. The highest BCUT2D eigenvalue weighted by molar-refractivity contribution is 8.00. The van der Waals surface area contributed by atoms with E-state index in [0.29, 0.717) is 11.8 Å². The van der Waals surface area contributed by atoms with Crippen molar-refractivity contribution in [3.8, 4) is 5.75 Å². The van der Waals surface area contributed by atoms with Crippen molar-refractivity contribution >= 4 is 11.8 Å². The minimum Gasteiger partial charge on any atom is -0.808 e. The fraction of sp³-hybridized carbons (Fsp3) is 0.400. The molecule has 0 saturated heterocycles. The Hall–Kier alpha value is -2.54. The van der Waals surface area contributed by atoms with Crippen LogP contribution < -0.4 is 9.84 Å². The average Bonchev–Trinajstić information content (AvgIpc) is 2.74. The summed E-state index contributed by atoms with van der Waals surface area (Å²) in [4.78, 5) is 15.4. The molecule has 12 heteroatoms. The first-order valence-corrected chi connectivity index (χ1v) is 10.4. The van der Waals surface area contributed by atoms with E-state index in [0.717, 1.165) is 22.6 Å². The fourth-order valence-corrected chi connectivity index (χ4v) is 3.43. The van der Waals surface area contributed by atoms with Crippen molar-refractivity contribution in [1.29, 1.82) is 0 Å². The summed E-state index contributed by atoms with van der Waals surface area (Å²) in [5.41, 5.74) is -0.0578. The van der Waals surface area contributed by atoms with E-state index in [1.165, 1.54) is 19.2 Å². The molecule has 1 N–H and O–H groups in total. The van der Waals surface area contributed by atoms with E-state index in [9.17, 15) is 33.5 Å². The van der Waals surface area contributed by atoms with Gasteiger partial charge in [0.05, 0.1) is 10.8 Å². The lowest BCUT2D eigenvalue weighted by molar-refractivity contribution is -0.756. The molecule has 0 amide bonds. The van der Waals surface area contributed by atoms with Crippen LogP contribution >= 0.6 is 11.8 Å². The standard InChI is InChI=1S/C20H22F3N2O6S/c1-24(20(26,27)32-14-13-30-25(28)29)12-11-18(15-5-3-2-4-6-15)31-17-9-7-16(8-10-17)19(21,22)23/h2-10,18,26H,11-14H2,1H3/q-1. The summed E-state index contributed by atoms with van der Waals surface area (Å²) in [6.07, 6.45) is -4.83. The topological polar surface area (TPSA) is 108 Å². The maximum Gasteiger partial charge on any atom is 0.416 e. The summed E-state index contributed by atoms with van der Waals surface area (Å²) in [6, 6.07) is 13.2. The Bertz CT molecular complexity index is 853. The molecule has 0 saturated carbocycles. The van der Waals surface area contributed by atoms with E-state index in [4.69, 9.17) is 4.74 Å². The number of ether oxygens (including phenoxy) is 1. The van der Waals surface area contributed by atoms with Gasteiger partial charge in [0.25, 0.3) is 5.09 Å². The summed E-state index contributed by atoms with van der Waals surface area (Å²) in [7, 11) is 1.38. The van der Waals surface area contributed by atoms with Crippen LogP contribution in [0.15, 0.2) is 54.6 Å². The number of benzene rings is 2. The third-order valence-electron chi connectivity index (χ3n) is 4.41. The molecule has 2 unspecified atom stereocenters. The summed E-state index contributed by atoms with van der Waals surface area (Å²) < 4.78 is 44.2. The van der Waals surface area contributed by atoms with Crippen molar-refractivity contribution in [3.05, 3.63) is 75.8 Å². The first-order chi connectivity index (χ1) is 15.0. The Labute approximate surface area is 186 Å². The number of hydrogen-bond acceptors (Lipinski definition) is 8. The molecule has 0 radical (unpaired) electrons. The molecule has 0 heterocycles. The number of thioether (sulfide) groups is 1. The van der Waals surface area contributed by atoms with Crippen molar-refractivity contribution in [2.45, 2.75) is 23.9 Å². The molecular weight excluding hydrogens is 453 g/mol. The molecular formula is C20H22F3N2O6S-. The van der Waals surface area contributed by atoms with Crippen molar-refractivity contribution in [2.24, 2.45) is 0 Å². The van der Waals surface area contributed by atoms with Gasteiger partial charge in [0.1, 0.15) is 18.5 Å². The molecule has 176 valence electrons. The largest absolute Gasteiger partial charge is 0.808 e. The highest BCUT2D eigenvalue weighted by atomic mass is 32.2. The van der Waals surface area contributed by atoms with Crippen LogP contribution in [0.1, 0.15) is 23.7 Å². The molecule has 2 rings (SSSR count). The van der Waals surface area contributed by atoms with Crippen LogP contribution in [0.5, 0.6) is 5.75 Å². The minimum atomic E-state index is -4.46. The highest BCUT2D eigenvalue weighted by Crippen LogP contribution is 2.32. The summed E-state index contributed by atoms with van der Waals surface area (Å²) in [5.74, 6) is 0.119. The van der Waals surface area contributed by atoms with Gasteiger partial charge < -0.3 is 19.8 Å². The fourth-order valence-electron chi connectivity index (χ4n) is 2.70. The number of nitrogens with zero attached hydrogens (tertiary/aromatic N) is 2. The second-order valence-electron chi connectivity index (χ2n) is 6.70. The third-order valence-corrected chi connectivity index (χ3v) is 5.47. The zero-order chi connectivity index (χ0) is 23.8. The summed E-state index contributed by atoms with van der Waals surface area (Å²) in [5, 5.41) is 29.0. The monoisotopic (exact) mass is 475 g/mol. The molecule has 0 aromatic heterocycles. The first kappa shape index (κ1) is 25.7. The normalized spacial score (nSPS) is 14.6. The minimum absolute atomic E-state index is 0.0727. The van der Waals surface area contributed by atoms with Gasteiger partial charge in [-0.1, -0.05) is 30.3 Å². The molecule has 8 nitrogen and oxygen atoms in total. The van der Waals surface area contributed by atoms with Crippen LogP contribution in [0.2, 0.25) is 0 Å². The lowest BCUT2D eigenvalue weighted by atomic mass is 10.1. The van der Waals surface area contributed by atoms with Crippen LogP contribution in [0, 0.1) is 10.1 Å². The van der Waals surface area contributed by atoms with Crippen LogP contribution in [0.4, 0.5) is 13.2 Å². The average molecular weight is 475 g/mol. The maximum atomic E-state index is 12.8. The Kier molecular flexibility index (Phi) is 9.13. The predicted molar refractivity (Wildman–Crippen MR) is 109 cm³/mol. The molecule has 2 atom stereocenters. The van der Waals surface area contributed by atoms with Gasteiger partial charge in [0.2, 0.25) is 0 Å². The Morgan fingerprint density at radius 1 is 1.16 bits per heavy atom. The number of hydrogen-bond donors (Lipinski definition) is 1. The predicted octanol–water partition coefficient (Wildman–Crippen LogP) is 3.05.